The maximum Gasteiger partial charge on any atom is 0.144 e. The van der Waals surface area contributed by atoms with E-state index >= 15 is 0 Å². The monoisotopic (exact) mass is 392 g/mol. The Hall–Kier alpha value is -0.600. The molecule has 3 rings (SSSR count). The third kappa shape index (κ3) is 2.30. The maximum absolute atomic E-state index is 6.34. The number of nitrogens with two attached hydrogens (primary N) is 1. The number of aromatic nitrogens is 3. The number of hydrogen-bond donors (Lipinski definition) is 1. The Labute approximate surface area is 129 Å². The lowest BCUT2D eigenvalue weighted by molar-refractivity contribution is 0.0674. The lowest BCUT2D eigenvalue weighted by Crippen LogP contribution is -2.20. The van der Waals surface area contributed by atoms with Gasteiger partial charge in [-0.1, -0.05) is 34.2 Å². The van der Waals surface area contributed by atoms with Crippen molar-refractivity contribution in [2.24, 2.45) is 0 Å². The molecule has 5 nitrogen and oxygen atoms in total. The summed E-state index contributed by atoms with van der Waals surface area (Å²) in [6.07, 6.45) is 3.68. The number of nitrogen functional groups attached to an aromatic ring is 1. The van der Waals surface area contributed by atoms with Crippen molar-refractivity contribution in [3.05, 3.63) is 16.9 Å². The third-order valence-electron chi connectivity index (χ3n) is 3.45. The van der Waals surface area contributed by atoms with Crippen LogP contribution >= 0.6 is 34.2 Å². The van der Waals surface area contributed by atoms with Gasteiger partial charge in [-0.25, -0.2) is 4.98 Å². The second-order valence-corrected chi connectivity index (χ2v) is 5.73. The van der Waals surface area contributed by atoms with Gasteiger partial charge in [-0.05, 0) is 12.8 Å². The summed E-state index contributed by atoms with van der Waals surface area (Å²) in [4.78, 5) is 4.14. The molecule has 1 fully saturated rings. The first-order chi connectivity index (χ1) is 9.22. The molecule has 0 spiro atoms. The van der Waals surface area contributed by atoms with Crippen LogP contribution in [0.3, 0.4) is 0 Å². The van der Waals surface area contributed by atoms with Gasteiger partial charge in [0.05, 0.1) is 17.3 Å². The van der Waals surface area contributed by atoms with Crippen LogP contribution in [0.4, 0.5) is 5.82 Å². The summed E-state index contributed by atoms with van der Waals surface area (Å²) < 4.78 is 8.25. The molecule has 3 heterocycles. The summed E-state index contributed by atoms with van der Waals surface area (Å²) in [6.45, 7) is 1.54. The molecule has 1 saturated heterocycles. The molecule has 0 radical (unpaired) electrons. The fourth-order valence-electron chi connectivity index (χ4n) is 2.45. The maximum atomic E-state index is 6.34. The standard InChI is InChI=1S/C12H14ClIN4O/c13-10-11-8(6-16-12(10)15)9(5-14)17-18(11)7-1-3-19-4-2-7/h6-7H,1-5H2,(H2,15,16). The Bertz CT molecular complexity index is 609. The van der Waals surface area contributed by atoms with Crippen LogP contribution in [0.5, 0.6) is 0 Å². The van der Waals surface area contributed by atoms with Gasteiger partial charge in [0.2, 0.25) is 0 Å². The molecule has 7 heteroatoms. The number of fused-ring (bicyclic) bond motifs is 1. The number of pyridine rings is 1. The summed E-state index contributed by atoms with van der Waals surface area (Å²) in [5.41, 5.74) is 7.74. The number of alkyl halides is 1. The Morgan fingerprint density at radius 2 is 2.21 bits per heavy atom. The quantitative estimate of drug-likeness (QED) is 0.630. The van der Waals surface area contributed by atoms with E-state index in [4.69, 9.17) is 27.2 Å². The van der Waals surface area contributed by atoms with Gasteiger partial charge >= 0.3 is 0 Å². The van der Waals surface area contributed by atoms with Crippen LogP contribution in [0.25, 0.3) is 10.9 Å². The number of nitrogens with zero attached hydrogens (tertiary/aromatic N) is 3. The van der Waals surface area contributed by atoms with Crippen LogP contribution in [0, 0.1) is 0 Å². The van der Waals surface area contributed by atoms with E-state index in [-0.39, 0.29) is 0 Å². The van der Waals surface area contributed by atoms with Crippen molar-refractivity contribution in [1.29, 1.82) is 0 Å². The number of halogens is 2. The predicted molar refractivity (Wildman–Crippen MR) is 83.8 cm³/mol. The Morgan fingerprint density at radius 3 is 2.89 bits per heavy atom. The first-order valence-electron chi connectivity index (χ1n) is 6.17. The van der Waals surface area contributed by atoms with Crippen LogP contribution in [0.2, 0.25) is 5.02 Å². The summed E-state index contributed by atoms with van der Waals surface area (Å²) in [5.74, 6) is 0.363. The zero-order valence-corrected chi connectivity index (χ0v) is 13.2. The lowest BCUT2D eigenvalue weighted by Gasteiger charge is -2.23. The van der Waals surface area contributed by atoms with E-state index in [1.54, 1.807) is 6.20 Å². The molecule has 0 amide bonds. The fourth-order valence-corrected chi connectivity index (χ4v) is 3.25. The summed E-state index contributed by atoms with van der Waals surface area (Å²) in [6, 6.07) is 0.326. The number of ether oxygens (including phenoxy) is 1. The second kappa shape index (κ2) is 5.41. The van der Waals surface area contributed by atoms with E-state index in [0.717, 1.165) is 47.1 Å². The minimum absolute atomic E-state index is 0.326. The molecule has 0 unspecified atom stereocenters. The average molecular weight is 393 g/mol. The predicted octanol–water partition coefficient (Wildman–Crippen LogP) is 2.95. The van der Waals surface area contributed by atoms with Gasteiger partial charge in [0.1, 0.15) is 10.8 Å². The van der Waals surface area contributed by atoms with E-state index in [1.807, 2.05) is 4.68 Å². The second-order valence-electron chi connectivity index (χ2n) is 4.59. The molecule has 1 aliphatic heterocycles. The van der Waals surface area contributed by atoms with Crippen LogP contribution in [0.15, 0.2) is 6.20 Å². The molecule has 102 valence electrons. The fraction of sp³-hybridized carbons (Fsp3) is 0.500. The van der Waals surface area contributed by atoms with Crippen molar-refractivity contribution in [1.82, 2.24) is 14.8 Å². The van der Waals surface area contributed by atoms with Gasteiger partial charge in [-0.3, -0.25) is 4.68 Å². The van der Waals surface area contributed by atoms with E-state index < -0.39 is 0 Å². The largest absolute Gasteiger partial charge is 0.382 e. The van der Waals surface area contributed by atoms with Crippen molar-refractivity contribution in [2.45, 2.75) is 23.3 Å². The van der Waals surface area contributed by atoms with Gasteiger partial charge in [-0.2, -0.15) is 5.10 Å². The smallest absolute Gasteiger partial charge is 0.144 e. The topological polar surface area (TPSA) is 66.0 Å². The van der Waals surface area contributed by atoms with Crippen LogP contribution in [0.1, 0.15) is 24.6 Å². The molecule has 19 heavy (non-hydrogen) atoms. The van der Waals surface area contributed by atoms with Gasteiger partial charge < -0.3 is 10.5 Å². The third-order valence-corrected chi connectivity index (χ3v) is 4.55. The highest BCUT2D eigenvalue weighted by Gasteiger charge is 2.23. The SMILES string of the molecule is Nc1ncc2c(CI)nn(C3CCOCC3)c2c1Cl. The van der Waals surface area contributed by atoms with Crippen LogP contribution < -0.4 is 5.73 Å². The van der Waals surface area contributed by atoms with E-state index in [2.05, 4.69) is 27.6 Å². The molecule has 0 aromatic carbocycles. The molecular formula is C12H14ClIN4O. The van der Waals surface area contributed by atoms with Gasteiger partial charge in [0, 0.05) is 29.2 Å². The molecular weight excluding hydrogens is 379 g/mol. The molecule has 2 N–H and O–H groups in total. The molecule has 2 aromatic heterocycles. The Kier molecular flexibility index (Phi) is 3.81. The minimum Gasteiger partial charge on any atom is -0.382 e. The minimum atomic E-state index is 0.326. The van der Waals surface area contributed by atoms with Crippen molar-refractivity contribution in [2.75, 3.05) is 18.9 Å². The highest BCUT2D eigenvalue weighted by molar-refractivity contribution is 14.1. The molecule has 0 saturated carbocycles. The van der Waals surface area contributed by atoms with E-state index in [1.165, 1.54) is 0 Å². The number of anilines is 1. The van der Waals surface area contributed by atoms with E-state index in [0.29, 0.717) is 16.9 Å². The van der Waals surface area contributed by atoms with Crippen molar-refractivity contribution < 1.29 is 4.74 Å². The zero-order valence-electron chi connectivity index (χ0n) is 10.3. The van der Waals surface area contributed by atoms with Gasteiger partial charge in [0.25, 0.3) is 0 Å². The number of rotatable bonds is 2. The molecule has 1 aliphatic rings. The summed E-state index contributed by atoms with van der Waals surface area (Å²) in [5, 5.41) is 6.21. The molecule has 0 aliphatic carbocycles. The summed E-state index contributed by atoms with van der Waals surface area (Å²) >= 11 is 8.64. The van der Waals surface area contributed by atoms with Crippen molar-refractivity contribution in [3.63, 3.8) is 0 Å². The molecule has 0 bridgehead atoms. The van der Waals surface area contributed by atoms with Gasteiger partial charge in [-0.15, -0.1) is 0 Å². The first-order valence-corrected chi connectivity index (χ1v) is 8.07. The Morgan fingerprint density at radius 1 is 1.47 bits per heavy atom. The van der Waals surface area contributed by atoms with Crippen LogP contribution in [-0.2, 0) is 9.16 Å². The lowest BCUT2D eigenvalue weighted by atomic mass is 10.1. The van der Waals surface area contributed by atoms with E-state index in [9.17, 15) is 0 Å². The highest BCUT2D eigenvalue weighted by atomic mass is 127. The van der Waals surface area contributed by atoms with Gasteiger partial charge in [0.15, 0.2) is 0 Å². The average Bonchev–Trinajstić information content (AvgIpc) is 2.83. The highest BCUT2D eigenvalue weighted by Crippen LogP contribution is 2.34. The van der Waals surface area contributed by atoms with Crippen molar-refractivity contribution >= 4 is 50.9 Å². The molecule has 0 atom stereocenters. The normalized spacial score (nSPS) is 17.2. The van der Waals surface area contributed by atoms with Crippen LogP contribution in [-0.4, -0.2) is 28.0 Å². The summed E-state index contributed by atoms with van der Waals surface area (Å²) in [7, 11) is 0. The first kappa shape index (κ1) is 13.4. The number of hydrogen-bond acceptors (Lipinski definition) is 4. The Balaban J connectivity index is 2.19. The molecule has 2 aromatic rings. The zero-order chi connectivity index (χ0) is 13.4. The van der Waals surface area contributed by atoms with Crippen molar-refractivity contribution in [3.8, 4) is 0 Å².